The fraction of sp³-hybridized carbons (Fsp3) is 0.364. The standard InChI is InChI=1S/C11H13NS/c1-8-7-12(2)11(13)10-6-4-3-5-9(8)10/h3-6,8H,7H2,1-2H3. The summed E-state index contributed by atoms with van der Waals surface area (Å²) < 4.78 is 0. The van der Waals surface area contributed by atoms with Gasteiger partial charge in [0.25, 0.3) is 0 Å². The van der Waals surface area contributed by atoms with Gasteiger partial charge < -0.3 is 4.90 Å². The summed E-state index contributed by atoms with van der Waals surface area (Å²) in [6.07, 6.45) is 0. The molecular formula is C11H13NS. The summed E-state index contributed by atoms with van der Waals surface area (Å²) in [6, 6.07) is 8.43. The molecule has 1 aromatic carbocycles. The molecular weight excluding hydrogens is 178 g/mol. The van der Waals surface area contributed by atoms with E-state index in [9.17, 15) is 0 Å². The Kier molecular flexibility index (Phi) is 2.08. The van der Waals surface area contributed by atoms with Crippen LogP contribution in [0.4, 0.5) is 0 Å². The average molecular weight is 191 g/mol. The molecule has 0 N–H and O–H groups in total. The highest BCUT2D eigenvalue weighted by Gasteiger charge is 2.22. The Balaban J connectivity index is 2.54. The highest BCUT2D eigenvalue weighted by molar-refractivity contribution is 7.80. The topological polar surface area (TPSA) is 3.24 Å². The molecule has 0 fully saturated rings. The summed E-state index contributed by atoms with van der Waals surface area (Å²) in [5, 5.41) is 0. The molecule has 1 unspecified atom stereocenters. The molecule has 1 atom stereocenters. The van der Waals surface area contributed by atoms with Crippen molar-refractivity contribution < 1.29 is 0 Å². The van der Waals surface area contributed by atoms with Crippen LogP contribution < -0.4 is 0 Å². The van der Waals surface area contributed by atoms with E-state index < -0.39 is 0 Å². The van der Waals surface area contributed by atoms with Crippen LogP contribution in [0.5, 0.6) is 0 Å². The van der Waals surface area contributed by atoms with Crippen molar-refractivity contribution >= 4 is 17.2 Å². The van der Waals surface area contributed by atoms with E-state index in [-0.39, 0.29) is 0 Å². The van der Waals surface area contributed by atoms with E-state index in [0.717, 1.165) is 11.5 Å². The molecule has 0 amide bonds. The molecule has 0 saturated carbocycles. The summed E-state index contributed by atoms with van der Waals surface area (Å²) in [7, 11) is 2.06. The lowest BCUT2D eigenvalue weighted by Crippen LogP contribution is -2.35. The lowest BCUT2D eigenvalue weighted by atomic mass is 9.91. The van der Waals surface area contributed by atoms with E-state index in [1.807, 2.05) is 0 Å². The van der Waals surface area contributed by atoms with Crippen LogP contribution in [0.15, 0.2) is 24.3 Å². The van der Waals surface area contributed by atoms with Gasteiger partial charge in [-0.25, -0.2) is 0 Å². The van der Waals surface area contributed by atoms with Gasteiger partial charge in [0.05, 0.1) is 0 Å². The van der Waals surface area contributed by atoms with Crippen LogP contribution in [0.3, 0.4) is 0 Å². The van der Waals surface area contributed by atoms with E-state index >= 15 is 0 Å². The Bertz CT molecular complexity index is 346. The Labute approximate surface area is 84.4 Å². The quantitative estimate of drug-likeness (QED) is 0.579. The van der Waals surface area contributed by atoms with Crippen molar-refractivity contribution in [3.05, 3.63) is 35.4 Å². The molecule has 0 aromatic heterocycles. The molecule has 0 saturated heterocycles. The molecule has 0 spiro atoms. The van der Waals surface area contributed by atoms with Gasteiger partial charge in [0.15, 0.2) is 0 Å². The molecule has 2 rings (SSSR count). The van der Waals surface area contributed by atoms with Gasteiger partial charge >= 0.3 is 0 Å². The highest BCUT2D eigenvalue weighted by Crippen LogP contribution is 2.26. The third-order valence-corrected chi connectivity index (χ3v) is 3.15. The number of rotatable bonds is 0. The molecule has 0 aliphatic carbocycles. The van der Waals surface area contributed by atoms with Crippen molar-refractivity contribution in [1.82, 2.24) is 4.90 Å². The van der Waals surface area contributed by atoms with Gasteiger partial charge in [-0.1, -0.05) is 43.4 Å². The predicted molar refractivity (Wildman–Crippen MR) is 59.2 cm³/mol. The number of thiocarbonyl (C=S) groups is 1. The zero-order valence-electron chi connectivity index (χ0n) is 7.95. The van der Waals surface area contributed by atoms with Gasteiger partial charge in [0, 0.05) is 19.2 Å². The van der Waals surface area contributed by atoms with Crippen LogP contribution in [0.25, 0.3) is 0 Å². The van der Waals surface area contributed by atoms with E-state index in [4.69, 9.17) is 12.2 Å². The summed E-state index contributed by atoms with van der Waals surface area (Å²) in [5.74, 6) is 0.591. The molecule has 13 heavy (non-hydrogen) atoms. The number of benzene rings is 1. The SMILES string of the molecule is CC1CN(C)C(=S)c2ccccc21. The third kappa shape index (κ3) is 1.35. The summed E-state index contributed by atoms with van der Waals surface area (Å²) in [4.78, 5) is 3.14. The Hall–Kier alpha value is -0.890. The molecule has 1 aliphatic rings. The fourth-order valence-corrected chi connectivity index (χ4v) is 2.18. The van der Waals surface area contributed by atoms with Crippen LogP contribution in [-0.2, 0) is 0 Å². The summed E-state index contributed by atoms with van der Waals surface area (Å²) >= 11 is 5.36. The Morgan fingerprint density at radius 1 is 1.38 bits per heavy atom. The molecule has 68 valence electrons. The first-order chi connectivity index (χ1) is 6.20. The van der Waals surface area contributed by atoms with E-state index in [1.54, 1.807) is 0 Å². The molecule has 1 aromatic rings. The molecule has 1 nitrogen and oxygen atoms in total. The highest BCUT2D eigenvalue weighted by atomic mass is 32.1. The van der Waals surface area contributed by atoms with Crippen LogP contribution >= 0.6 is 12.2 Å². The van der Waals surface area contributed by atoms with Crippen LogP contribution in [0.1, 0.15) is 24.0 Å². The first-order valence-electron chi connectivity index (χ1n) is 4.54. The third-order valence-electron chi connectivity index (χ3n) is 2.62. The number of hydrogen-bond acceptors (Lipinski definition) is 1. The second-order valence-corrected chi connectivity index (χ2v) is 4.06. The van der Waals surface area contributed by atoms with Gasteiger partial charge in [0.1, 0.15) is 4.99 Å². The van der Waals surface area contributed by atoms with Crippen molar-refractivity contribution in [3.8, 4) is 0 Å². The molecule has 1 heterocycles. The van der Waals surface area contributed by atoms with Crippen molar-refractivity contribution in [3.63, 3.8) is 0 Å². The minimum Gasteiger partial charge on any atom is -0.365 e. The Morgan fingerprint density at radius 3 is 2.85 bits per heavy atom. The first kappa shape index (κ1) is 8.70. The normalized spacial score (nSPS) is 21.5. The molecule has 0 radical (unpaired) electrons. The lowest BCUT2D eigenvalue weighted by Gasteiger charge is -2.32. The Morgan fingerprint density at radius 2 is 2.08 bits per heavy atom. The smallest absolute Gasteiger partial charge is 0.109 e. The maximum Gasteiger partial charge on any atom is 0.109 e. The molecule has 0 bridgehead atoms. The predicted octanol–water partition coefficient (Wildman–Crippen LogP) is 2.41. The number of nitrogens with zero attached hydrogens (tertiary/aromatic N) is 1. The van der Waals surface area contributed by atoms with Crippen molar-refractivity contribution in [2.24, 2.45) is 0 Å². The molecule has 1 aliphatic heterocycles. The van der Waals surface area contributed by atoms with Gasteiger partial charge in [0.2, 0.25) is 0 Å². The monoisotopic (exact) mass is 191 g/mol. The molecule has 2 heteroatoms. The van der Waals surface area contributed by atoms with Crippen molar-refractivity contribution in [2.45, 2.75) is 12.8 Å². The zero-order valence-corrected chi connectivity index (χ0v) is 8.77. The summed E-state index contributed by atoms with van der Waals surface area (Å²) in [6.45, 7) is 3.28. The van der Waals surface area contributed by atoms with Crippen LogP contribution in [0, 0.1) is 0 Å². The number of likely N-dealkylation sites (N-methyl/N-ethyl adjacent to an activating group) is 1. The van der Waals surface area contributed by atoms with Crippen molar-refractivity contribution in [2.75, 3.05) is 13.6 Å². The minimum absolute atomic E-state index is 0.591. The number of hydrogen-bond donors (Lipinski definition) is 0. The number of fused-ring (bicyclic) bond motifs is 1. The fourth-order valence-electron chi connectivity index (χ4n) is 1.92. The summed E-state index contributed by atoms with van der Waals surface area (Å²) in [5.41, 5.74) is 2.63. The van der Waals surface area contributed by atoms with Gasteiger partial charge in [-0.15, -0.1) is 0 Å². The zero-order chi connectivity index (χ0) is 9.42. The second-order valence-electron chi connectivity index (χ2n) is 3.67. The largest absolute Gasteiger partial charge is 0.365 e. The average Bonchev–Trinajstić information content (AvgIpc) is 2.15. The van der Waals surface area contributed by atoms with E-state index in [1.165, 1.54) is 11.1 Å². The first-order valence-corrected chi connectivity index (χ1v) is 4.95. The maximum absolute atomic E-state index is 5.36. The van der Waals surface area contributed by atoms with Crippen molar-refractivity contribution in [1.29, 1.82) is 0 Å². The maximum atomic E-state index is 5.36. The van der Waals surface area contributed by atoms with Gasteiger partial charge in [-0.2, -0.15) is 0 Å². The van der Waals surface area contributed by atoms with E-state index in [0.29, 0.717) is 5.92 Å². The minimum atomic E-state index is 0.591. The van der Waals surface area contributed by atoms with Crippen LogP contribution in [-0.4, -0.2) is 23.5 Å². The van der Waals surface area contributed by atoms with Crippen LogP contribution in [0.2, 0.25) is 0 Å². The van der Waals surface area contributed by atoms with E-state index in [2.05, 4.69) is 43.1 Å². The van der Waals surface area contributed by atoms with Gasteiger partial charge in [-0.3, -0.25) is 0 Å². The lowest BCUT2D eigenvalue weighted by molar-refractivity contribution is 0.458. The van der Waals surface area contributed by atoms with Gasteiger partial charge in [-0.05, 0) is 11.5 Å². The second kappa shape index (κ2) is 3.11.